The molecule has 0 unspecified atom stereocenters. The molecule has 0 spiro atoms. The number of rotatable bonds is 8. The van der Waals surface area contributed by atoms with Crippen LogP contribution in [0.1, 0.15) is 13.3 Å². The first-order chi connectivity index (χ1) is 10.1. The van der Waals surface area contributed by atoms with Crippen molar-refractivity contribution in [2.75, 3.05) is 38.7 Å². The Morgan fingerprint density at radius 1 is 1.19 bits per heavy atom. The Bertz CT molecular complexity index is 437. The number of carbonyl (C=O) groups is 2. The van der Waals surface area contributed by atoms with Crippen molar-refractivity contribution in [3.05, 3.63) is 30.3 Å². The van der Waals surface area contributed by atoms with Crippen molar-refractivity contribution in [3.63, 3.8) is 0 Å². The van der Waals surface area contributed by atoms with Gasteiger partial charge >= 0.3 is 6.03 Å². The molecule has 3 amide bonds. The summed E-state index contributed by atoms with van der Waals surface area (Å²) >= 11 is 0. The van der Waals surface area contributed by atoms with E-state index in [9.17, 15) is 9.59 Å². The predicted molar refractivity (Wildman–Crippen MR) is 82.2 cm³/mol. The third-order valence-electron chi connectivity index (χ3n) is 2.92. The second-order valence-electron chi connectivity index (χ2n) is 4.60. The molecule has 0 aliphatic carbocycles. The van der Waals surface area contributed by atoms with Gasteiger partial charge < -0.3 is 20.3 Å². The number of hydrogen-bond donors (Lipinski definition) is 2. The highest BCUT2D eigenvalue weighted by Crippen LogP contribution is 2.03. The quantitative estimate of drug-likeness (QED) is 0.717. The molecule has 0 aliphatic heterocycles. The van der Waals surface area contributed by atoms with E-state index in [-0.39, 0.29) is 11.9 Å². The van der Waals surface area contributed by atoms with Crippen molar-refractivity contribution in [2.45, 2.75) is 13.3 Å². The number of ether oxygens (including phenoxy) is 1. The van der Waals surface area contributed by atoms with Crippen LogP contribution in [-0.4, -0.2) is 50.2 Å². The van der Waals surface area contributed by atoms with E-state index in [1.807, 2.05) is 30.3 Å². The van der Waals surface area contributed by atoms with Gasteiger partial charge in [-0.3, -0.25) is 4.79 Å². The van der Waals surface area contributed by atoms with Gasteiger partial charge in [0.05, 0.1) is 0 Å². The van der Waals surface area contributed by atoms with Gasteiger partial charge in [0, 0.05) is 46.0 Å². The number of carbonyl (C=O) groups excluding carboxylic acids is 2. The third-order valence-corrected chi connectivity index (χ3v) is 2.92. The number of methoxy groups -OCH3 is 1. The molecular weight excluding hydrogens is 270 g/mol. The van der Waals surface area contributed by atoms with Crippen LogP contribution >= 0.6 is 0 Å². The van der Waals surface area contributed by atoms with Crippen LogP contribution in [0, 0.1) is 0 Å². The maximum Gasteiger partial charge on any atom is 0.319 e. The summed E-state index contributed by atoms with van der Waals surface area (Å²) in [4.78, 5) is 24.8. The molecule has 2 N–H and O–H groups in total. The molecule has 0 heterocycles. The van der Waals surface area contributed by atoms with Gasteiger partial charge in [0.15, 0.2) is 0 Å². The molecule has 6 heteroatoms. The Labute approximate surface area is 125 Å². The second-order valence-corrected chi connectivity index (χ2v) is 4.60. The summed E-state index contributed by atoms with van der Waals surface area (Å²) in [6, 6.07) is 8.93. The number of nitrogens with zero attached hydrogens (tertiary/aromatic N) is 1. The lowest BCUT2D eigenvalue weighted by Crippen LogP contribution is -2.39. The summed E-state index contributed by atoms with van der Waals surface area (Å²) in [5, 5.41) is 5.46. The van der Waals surface area contributed by atoms with Gasteiger partial charge in [-0.25, -0.2) is 4.79 Å². The molecule has 0 radical (unpaired) electrons. The number of para-hydroxylation sites is 1. The molecule has 1 aromatic rings. The number of hydrogen-bond acceptors (Lipinski definition) is 3. The van der Waals surface area contributed by atoms with E-state index in [4.69, 9.17) is 4.74 Å². The van der Waals surface area contributed by atoms with Crippen molar-refractivity contribution < 1.29 is 14.3 Å². The number of amides is 3. The van der Waals surface area contributed by atoms with Crippen LogP contribution in [0.25, 0.3) is 0 Å². The number of benzene rings is 1. The standard InChI is InChI=1S/C15H23N3O3/c1-13(19)18(10-6-12-21-2)11-9-16-15(20)17-14-7-4-3-5-8-14/h3-5,7-8H,6,9-12H2,1-2H3,(H2,16,17,20). The van der Waals surface area contributed by atoms with Gasteiger partial charge in [-0.2, -0.15) is 0 Å². The minimum Gasteiger partial charge on any atom is -0.385 e. The van der Waals surface area contributed by atoms with Crippen molar-refractivity contribution in [2.24, 2.45) is 0 Å². The first kappa shape index (κ1) is 17.0. The van der Waals surface area contributed by atoms with Crippen LogP contribution in [0.15, 0.2) is 30.3 Å². The minimum atomic E-state index is -0.276. The fraction of sp³-hybridized carbons (Fsp3) is 0.467. The molecular formula is C15H23N3O3. The summed E-state index contributed by atoms with van der Waals surface area (Å²) in [6.07, 6.45) is 0.784. The average Bonchev–Trinajstić information content (AvgIpc) is 2.46. The van der Waals surface area contributed by atoms with Crippen LogP contribution < -0.4 is 10.6 Å². The molecule has 0 aliphatic rings. The fourth-order valence-electron chi connectivity index (χ4n) is 1.83. The van der Waals surface area contributed by atoms with Crippen LogP contribution in [0.4, 0.5) is 10.5 Å². The summed E-state index contributed by atoms with van der Waals surface area (Å²) in [7, 11) is 1.63. The van der Waals surface area contributed by atoms with Crippen molar-refractivity contribution in [3.8, 4) is 0 Å². The highest BCUT2D eigenvalue weighted by atomic mass is 16.5. The molecule has 21 heavy (non-hydrogen) atoms. The zero-order valence-corrected chi connectivity index (χ0v) is 12.6. The van der Waals surface area contributed by atoms with Crippen LogP contribution in [0.2, 0.25) is 0 Å². The molecule has 1 aromatic carbocycles. The maximum atomic E-state index is 11.7. The van der Waals surface area contributed by atoms with E-state index in [0.717, 1.165) is 12.1 Å². The van der Waals surface area contributed by atoms with E-state index >= 15 is 0 Å². The van der Waals surface area contributed by atoms with Crippen LogP contribution in [0.5, 0.6) is 0 Å². The van der Waals surface area contributed by atoms with Crippen molar-refractivity contribution >= 4 is 17.6 Å². The molecule has 0 atom stereocenters. The van der Waals surface area contributed by atoms with E-state index in [1.165, 1.54) is 6.92 Å². The SMILES string of the molecule is COCCCN(CCNC(=O)Nc1ccccc1)C(C)=O. The molecule has 116 valence electrons. The van der Waals surface area contributed by atoms with E-state index in [2.05, 4.69) is 10.6 Å². The van der Waals surface area contributed by atoms with Crippen LogP contribution in [0.3, 0.4) is 0 Å². The molecule has 0 aromatic heterocycles. The lowest BCUT2D eigenvalue weighted by Gasteiger charge is -2.21. The topological polar surface area (TPSA) is 70.7 Å². The Morgan fingerprint density at radius 2 is 1.90 bits per heavy atom. The van der Waals surface area contributed by atoms with Gasteiger partial charge in [-0.1, -0.05) is 18.2 Å². The highest BCUT2D eigenvalue weighted by molar-refractivity contribution is 5.89. The lowest BCUT2D eigenvalue weighted by molar-refractivity contribution is -0.128. The molecule has 0 fully saturated rings. The molecule has 6 nitrogen and oxygen atoms in total. The van der Waals surface area contributed by atoms with E-state index in [1.54, 1.807) is 12.0 Å². The Balaban J connectivity index is 2.26. The van der Waals surface area contributed by atoms with Crippen LogP contribution in [-0.2, 0) is 9.53 Å². The Morgan fingerprint density at radius 3 is 2.52 bits per heavy atom. The van der Waals surface area contributed by atoms with Crippen molar-refractivity contribution in [1.29, 1.82) is 0 Å². The summed E-state index contributed by atoms with van der Waals surface area (Å²) in [5.41, 5.74) is 0.735. The Hall–Kier alpha value is -2.08. The van der Waals surface area contributed by atoms with Gasteiger partial charge in [-0.05, 0) is 18.6 Å². The fourth-order valence-corrected chi connectivity index (χ4v) is 1.83. The number of anilines is 1. The van der Waals surface area contributed by atoms with Crippen molar-refractivity contribution in [1.82, 2.24) is 10.2 Å². The third kappa shape index (κ3) is 7.31. The second kappa shape index (κ2) is 9.77. The largest absolute Gasteiger partial charge is 0.385 e. The predicted octanol–water partition coefficient (Wildman–Crippen LogP) is 1.69. The van der Waals surface area contributed by atoms with Gasteiger partial charge in [0.1, 0.15) is 0 Å². The highest BCUT2D eigenvalue weighted by Gasteiger charge is 2.08. The molecule has 0 saturated carbocycles. The smallest absolute Gasteiger partial charge is 0.319 e. The lowest BCUT2D eigenvalue weighted by atomic mass is 10.3. The Kier molecular flexibility index (Phi) is 7.89. The summed E-state index contributed by atoms with van der Waals surface area (Å²) < 4.78 is 4.96. The first-order valence-electron chi connectivity index (χ1n) is 6.98. The summed E-state index contributed by atoms with van der Waals surface area (Å²) in [6.45, 7) is 3.67. The maximum absolute atomic E-state index is 11.7. The zero-order chi connectivity index (χ0) is 15.5. The van der Waals surface area contributed by atoms with Gasteiger partial charge in [-0.15, -0.1) is 0 Å². The minimum absolute atomic E-state index is 0.00336. The average molecular weight is 293 g/mol. The summed E-state index contributed by atoms with van der Waals surface area (Å²) in [5.74, 6) is -0.00336. The first-order valence-corrected chi connectivity index (χ1v) is 6.98. The van der Waals surface area contributed by atoms with E-state index < -0.39 is 0 Å². The molecule has 0 bridgehead atoms. The molecule has 0 saturated heterocycles. The number of urea groups is 1. The normalized spacial score (nSPS) is 10.0. The number of nitrogens with one attached hydrogen (secondary N) is 2. The van der Waals surface area contributed by atoms with Gasteiger partial charge in [0.25, 0.3) is 0 Å². The zero-order valence-electron chi connectivity index (χ0n) is 12.6. The van der Waals surface area contributed by atoms with Gasteiger partial charge in [0.2, 0.25) is 5.91 Å². The monoisotopic (exact) mass is 293 g/mol. The molecule has 1 rings (SSSR count). The van der Waals surface area contributed by atoms with E-state index in [0.29, 0.717) is 26.2 Å².